The predicted molar refractivity (Wildman–Crippen MR) is 121 cm³/mol. The minimum Gasteiger partial charge on any atom is -0.444 e. The molecule has 2 aromatic carbocycles. The van der Waals surface area contributed by atoms with Gasteiger partial charge in [-0.1, -0.05) is 12.1 Å². The third-order valence-corrected chi connectivity index (χ3v) is 5.41. The van der Waals surface area contributed by atoms with Crippen molar-refractivity contribution in [3.05, 3.63) is 48.5 Å². The van der Waals surface area contributed by atoms with Gasteiger partial charge in [0.05, 0.1) is 17.0 Å². The number of carbonyl (C=O) groups is 2. The topological polar surface area (TPSA) is 76.5 Å². The summed E-state index contributed by atoms with van der Waals surface area (Å²) in [5.41, 5.74) is 3.19. The maximum absolute atomic E-state index is 12.7. The summed E-state index contributed by atoms with van der Waals surface area (Å²) in [6.45, 7) is 6.41. The molecule has 31 heavy (non-hydrogen) atoms. The average Bonchev–Trinajstić information content (AvgIpc) is 3.33. The molecule has 1 unspecified atom stereocenters. The molecule has 0 saturated carbocycles. The molecule has 1 aromatic heterocycles. The smallest absolute Gasteiger partial charge is 0.410 e. The van der Waals surface area contributed by atoms with Gasteiger partial charge in [0, 0.05) is 31.4 Å². The van der Waals surface area contributed by atoms with E-state index in [0.29, 0.717) is 19.5 Å². The van der Waals surface area contributed by atoms with Crippen LogP contribution in [0.25, 0.3) is 22.4 Å². The number of ether oxygens (including phenoxy) is 1. The second-order valence-electron chi connectivity index (χ2n) is 8.96. The number of nitrogens with one attached hydrogen (secondary N) is 1. The predicted octanol–water partition coefficient (Wildman–Crippen LogP) is 4.44. The molecule has 7 nitrogen and oxygen atoms in total. The molecule has 0 radical (unpaired) electrons. The number of aromatic nitrogens is 2. The van der Waals surface area contributed by atoms with Crippen molar-refractivity contribution in [1.82, 2.24) is 14.5 Å². The fourth-order valence-corrected chi connectivity index (χ4v) is 3.82. The SMILES string of the molecule is Cn1c(-c2ccc(NC(=O)C3CCN(C(=O)OC(C)(C)C)C3)cc2)nc2ccccc21. The largest absolute Gasteiger partial charge is 0.444 e. The lowest BCUT2D eigenvalue weighted by Gasteiger charge is -2.24. The molecule has 162 valence electrons. The maximum atomic E-state index is 12.7. The Balaban J connectivity index is 1.39. The molecule has 7 heteroatoms. The van der Waals surface area contributed by atoms with Gasteiger partial charge < -0.3 is 19.5 Å². The number of benzene rings is 2. The van der Waals surface area contributed by atoms with Crippen LogP contribution in [0.1, 0.15) is 27.2 Å². The van der Waals surface area contributed by atoms with Gasteiger partial charge in [-0.3, -0.25) is 4.79 Å². The number of anilines is 1. The fourth-order valence-electron chi connectivity index (χ4n) is 3.82. The number of hydrogen-bond donors (Lipinski definition) is 1. The summed E-state index contributed by atoms with van der Waals surface area (Å²) in [5, 5.41) is 2.97. The number of amides is 2. The zero-order valence-corrected chi connectivity index (χ0v) is 18.4. The monoisotopic (exact) mass is 420 g/mol. The zero-order valence-electron chi connectivity index (χ0n) is 18.4. The molecule has 1 saturated heterocycles. The van der Waals surface area contributed by atoms with Crippen molar-refractivity contribution in [1.29, 1.82) is 0 Å². The molecule has 0 spiro atoms. The Morgan fingerprint density at radius 3 is 2.48 bits per heavy atom. The highest BCUT2D eigenvalue weighted by Crippen LogP contribution is 2.26. The van der Waals surface area contributed by atoms with Crippen LogP contribution in [-0.4, -0.2) is 45.1 Å². The van der Waals surface area contributed by atoms with Gasteiger partial charge in [-0.15, -0.1) is 0 Å². The minimum atomic E-state index is -0.543. The quantitative estimate of drug-likeness (QED) is 0.680. The number of aryl methyl sites for hydroxylation is 1. The number of hydrogen-bond acceptors (Lipinski definition) is 4. The maximum Gasteiger partial charge on any atom is 0.410 e. The van der Waals surface area contributed by atoms with Gasteiger partial charge in [0.1, 0.15) is 11.4 Å². The Morgan fingerprint density at radius 2 is 1.81 bits per heavy atom. The highest BCUT2D eigenvalue weighted by atomic mass is 16.6. The van der Waals surface area contributed by atoms with Crippen LogP contribution in [0.3, 0.4) is 0 Å². The fraction of sp³-hybridized carbons (Fsp3) is 0.375. The van der Waals surface area contributed by atoms with Gasteiger partial charge >= 0.3 is 6.09 Å². The van der Waals surface area contributed by atoms with Gasteiger partial charge in [-0.05, 0) is 63.6 Å². The van der Waals surface area contributed by atoms with E-state index in [1.807, 2.05) is 76.3 Å². The lowest BCUT2D eigenvalue weighted by Crippen LogP contribution is -2.36. The van der Waals surface area contributed by atoms with E-state index >= 15 is 0 Å². The molecular weight excluding hydrogens is 392 g/mol. The van der Waals surface area contributed by atoms with Crippen molar-refractivity contribution >= 4 is 28.7 Å². The molecule has 1 aliphatic rings. The number of imidazole rings is 1. The molecule has 1 N–H and O–H groups in total. The summed E-state index contributed by atoms with van der Waals surface area (Å²) >= 11 is 0. The Bertz CT molecular complexity index is 1110. The van der Waals surface area contributed by atoms with Crippen molar-refractivity contribution in [2.24, 2.45) is 13.0 Å². The number of likely N-dealkylation sites (tertiary alicyclic amines) is 1. The van der Waals surface area contributed by atoms with Crippen molar-refractivity contribution in [2.45, 2.75) is 32.8 Å². The first-order chi connectivity index (χ1) is 14.7. The van der Waals surface area contributed by atoms with E-state index in [1.54, 1.807) is 4.90 Å². The summed E-state index contributed by atoms with van der Waals surface area (Å²) in [6, 6.07) is 15.7. The molecule has 2 heterocycles. The lowest BCUT2D eigenvalue weighted by atomic mass is 10.1. The van der Waals surface area contributed by atoms with Gasteiger partial charge in [0.25, 0.3) is 0 Å². The Labute approximate surface area is 182 Å². The first kappa shape index (κ1) is 20.9. The molecule has 4 rings (SSSR count). The van der Waals surface area contributed by atoms with Crippen LogP contribution >= 0.6 is 0 Å². The highest BCUT2D eigenvalue weighted by molar-refractivity contribution is 5.93. The Kier molecular flexibility index (Phi) is 5.43. The molecule has 2 amide bonds. The van der Waals surface area contributed by atoms with Crippen LogP contribution in [0.15, 0.2) is 48.5 Å². The standard InChI is InChI=1S/C24H28N4O3/c1-24(2,3)31-23(30)28-14-13-17(15-28)22(29)25-18-11-9-16(10-12-18)21-26-19-7-5-6-8-20(19)27(21)4/h5-12,17H,13-15H2,1-4H3,(H,25,29). The van der Waals surface area contributed by atoms with Crippen molar-refractivity contribution in [3.63, 3.8) is 0 Å². The third kappa shape index (κ3) is 4.55. The van der Waals surface area contributed by atoms with Crippen LogP contribution in [0, 0.1) is 5.92 Å². The summed E-state index contributed by atoms with van der Waals surface area (Å²) in [7, 11) is 2.00. The summed E-state index contributed by atoms with van der Waals surface area (Å²) in [4.78, 5) is 31.2. The molecule has 3 aromatic rings. The van der Waals surface area contributed by atoms with Crippen LogP contribution in [0.2, 0.25) is 0 Å². The number of carbonyl (C=O) groups excluding carboxylic acids is 2. The third-order valence-electron chi connectivity index (χ3n) is 5.41. The summed E-state index contributed by atoms with van der Waals surface area (Å²) in [6.07, 6.45) is 0.262. The van der Waals surface area contributed by atoms with Crippen LogP contribution in [0.4, 0.5) is 10.5 Å². The van der Waals surface area contributed by atoms with Crippen molar-refractivity contribution in [2.75, 3.05) is 18.4 Å². The van der Waals surface area contributed by atoms with E-state index in [9.17, 15) is 9.59 Å². The number of fused-ring (bicyclic) bond motifs is 1. The van der Waals surface area contributed by atoms with Crippen LogP contribution < -0.4 is 5.32 Å². The van der Waals surface area contributed by atoms with Crippen LogP contribution in [-0.2, 0) is 16.6 Å². The number of rotatable bonds is 3. The lowest BCUT2D eigenvalue weighted by molar-refractivity contribution is -0.119. The van der Waals surface area contributed by atoms with Crippen molar-refractivity contribution < 1.29 is 14.3 Å². The van der Waals surface area contributed by atoms with E-state index in [4.69, 9.17) is 9.72 Å². The van der Waals surface area contributed by atoms with Gasteiger partial charge in [0.2, 0.25) is 5.91 Å². The molecular formula is C24H28N4O3. The molecule has 1 fully saturated rings. The highest BCUT2D eigenvalue weighted by Gasteiger charge is 2.33. The minimum absolute atomic E-state index is 0.0819. The van der Waals surface area contributed by atoms with E-state index in [1.165, 1.54) is 0 Å². The summed E-state index contributed by atoms with van der Waals surface area (Å²) in [5.74, 6) is 0.552. The zero-order chi connectivity index (χ0) is 22.2. The normalized spacial score (nSPS) is 16.5. The van der Waals surface area contributed by atoms with E-state index in [2.05, 4.69) is 9.88 Å². The summed E-state index contributed by atoms with van der Waals surface area (Å²) < 4.78 is 7.46. The molecule has 0 aliphatic carbocycles. The number of nitrogens with zero attached hydrogens (tertiary/aromatic N) is 3. The molecule has 0 bridgehead atoms. The average molecular weight is 421 g/mol. The molecule has 1 aliphatic heterocycles. The van der Waals surface area contributed by atoms with Gasteiger partial charge in [-0.25, -0.2) is 9.78 Å². The number of para-hydroxylation sites is 2. The Morgan fingerprint density at radius 1 is 1.10 bits per heavy atom. The second kappa shape index (κ2) is 8.06. The van der Waals surface area contributed by atoms with Crippen molar-refractivity contribution in [3.8, 4) is 11.4 Å². The first-order valence-electron chi connectivity index (χ1n) is 10.5. The first-order valence-corrected chi connectivity index (χ1v) is 10.5. The second-order valence-corrected chi connectivity index (χ2v) is 8.96. The van der Waals surface area contributed by atoms with Gasteiger partial charge in [0.15, 0.2) is 0 Å². The van der Waals surface area contributed by atoms with Gasteiger partial charge in [-0.2, -0.15) is 0 Å². The molecule has 1 atom stereocenters. The van der Waals surface area contributed by atoms with E-state index < -0.39 is 5.60 Å². The van der Waals surface area contributed by atoms with E-state index in [-0.39, 0.29) is 17.9 Å². The van der Waals surface area contributed by atoms with E-state index in [0.717, 1.165) is 28.1 Å². The Hall–Kier alpha value is -3.35. The van der Waals surface area contributed by atoms with Crippen LogP contribution in [0.5, 0.6) is 0 Å².